The number of benzene rings is 1. The average Bonchev–Trinajstić information content (AvgIpc) is 3.43. The number of anilines is 1. The van der Waals surface area contributed by atoms with Crippen molar-refractivity contribution in [2.75, 3.05) is 18.7 Å². The van der Waals surface area contributed by atoms with Crippen LogP contribution in [-0.2, 0) is 23.6 Å². The molecule has 200 valence electrons. The van der Waals surface area contributed by atoms with Crippen LogP contribution < -0.4 is 15.3 Å². The van der Waals surface area contributed by atoms with Gasteiger partial charge < -0.3 is 29.6 Å². The molecule has 3 heterocycles. The van der Waals surface area contributed by atoms with Crippen LogP contribution in [0.5, 0.6) is 5.75 Å². The van der Waals surface area contributed by atoms with E-state index in [9.17, 15) is 14.5 Å². The van der Waals surface area contributed by atoms with Gasteiger partial charge in [0, 0.05) is 6.42 Å². The molecule has 13 nitrogen and oxygen atoms in total. The van der Waals surface area contributed by atoms with Crippen LogP contribution in [0.3, 0.4) is 0 Å². The van der Waals surface area contributed by atoms with Crippen LogP contribution in [0.1, 0.15) is 33.4 Å². The largest absolute Gasteiger partial charge is 0.462 e. The Morgan fingerprint density at radius 3 is 2.76 bits per heavy atom. The summed E-state index contributed by atoms with van der Waals surface area (Å²) < 4.78 is 37.9. The topological polar surface area (TPSA) is 173 Å². The van der Waals surface area contributed by atoms with Crippen molar-refractivity contribution in [2.24, 2.45) is 0 Å². The molecule has 4 rings (SSSR count). The standard InChI is InChI=1S/C23H31N6O7P/c1-14(2)34-23(31)15(3)28-37(32,36-16-7-5-4-6-8-16)13-33-10-17-9-18(30)22(35-17)29-12-27-19-20(24)25-11-26-21(19)29/h4-8,11-12,14-15,17-18,22,30H,9-10,13H2,1-3H3,(H,28,32)(H2,24,25,26)/t15?,17-,18?,22+,37?/m0/s1. The van der Waals surface area contributed by atoms with Crippen molar-refractivity contribution in [2.45, 2.75) is 57.8 Å². The Bertz CT molecular complexity index is 1260. The van der Waals surface area contributed by atoms with Gasteiger partial charge in [0.05, 0.1) is 25.1 Å². The number of rotatable bonds is 11. The number of nitrogens with two attached hydrogens (primary N) is 1. The van der Waals surface area contributed by atoms with E-state index < -0.39 is 38.0 Å². The van der Waals surface area contributed by atoms with E-state index in [-0.39, 0.29) is 31.3 Å². The Kier molecular flexibility index (Phi) is 8.40. The maximum absolute atomic E-state index is 13.7. The Balaban J connectivity index is 1.39. The summed E-state index contributed by atoms with van der Waals surface area (Å²) in [7, 11) is -3.71. The van der Waals surface area contributed by atoms with E-state index >= 15 is 0 Å². The van der Waals surface area contributed by atoms with Crippen LogP contribution in [0, 0.1) is 0 Å². The van der Waals surface area contributed by atoms with Gasteiger partial charge in [-0.05, 0) is 32.9 Å². The second kappa shape index (κ2) is 11.5. The van der Waals surface area contributed by atoms with E-state index in [2.05, 4.69) is 20.0 Å². The number of carbonyl (C=O) groups is 1. The maximum atomic E-state index is 13.7. The summed E-state index contributed by atoms with van der Waals surface area (Å²) in [6.07, 6.45) is 0.256. The minimum absolute atomic E-state index is 0.0198. The third-order valence-corrected chi connectivity index (χ3v) is 7.29. The summed E-state index contributed by atoms with van der Waals surface area (Å²) in [5.41, 5.74) is 6.69. The van der Waals surface area contributed by atoms with E-state index in [1.165, 1.54) is 12.7 Å². The lowest BCUT2D eigenvalue weighted by atomic mass is 10.2. The molecule has 0 spiro atoms. The lowest BCUT2D eigenvalue weighted by Crippen LogP contribution is -2.36. The average molecular weight is 535 g/mol. The maximum Gasteiger partial charge on any atom is 0.342 e. The number of imidazole rings is 1. The SMILES string of the molecule is CC(C)OC(=O)C(C)NP(=O)(COC[C@@H]1CC(O)[C@H](n2cnc3c(N)ncnc32)O1)Oc1ccccc1. The summed E-state index contributed by atoms with van der Waals surface area (Å²) in [4.78, 5) is 24.6. The summed E-state index contributed by atoms with van der Waals surface area (Å²) in [5, 5.41) is 13.4. The van der Waals surface area contributed by atoms with Gasteiger partial charge in [0.15, 0.2) is 17.7 Å². The molecule has 1 fully saturated rings. The molecule has 0 radical (unpaired) electrons. The highest BCUT2D eigenvalue weighted by Gasteiger charge is 2.37. The third-order valence-electron chi connectivity index (χ3n) is 5.48. The second-order valence-corrected chi connectivity index (χ2v) is 11.0. The number of aliphatic hydroxyl groups excluding tert-OH is 1. The van der Waals surface area contributed by atoms with Crippen molar-refractivity contribution >= 4 is 30.5 Å². The smallest absolute Gasteiger partial charge is 0.342 e. The molecule has 0 amide bonds. The molecular formula is C23H31N6O7P. The molecule has 0 saturated carbocycles. The first-order chi connectivity index (χ1) is 17.6. The van der Waals surface area contributed by atoms with Crippen molar-refractivity contribution in [3.63, 3.8) is 0 Å². The fourth-order valence-electron chi connectivity index (χ4n) is 3.87. The van der Waals surface area contributed by atoms with Crippen LogP contribution in [0.15, 0.2) is 43.0 Å². The number of carbonyl (C=O) groups excluding carboxylic acids is 1. The molecule has 14 heteroatoms. The highest BCUT2D eigenvalue weighted by Crippen LogP contribution is 2.44. The Morgan fingerprint density at radius 2 is 2.03 bits per heavy atom. The summed E-state index contributed by atoms with van der Waals surface area (Å²) >= 11 is 0. The van der Waals surface area contributed by atoms with Crippen molar-refractivity contribution in [1.82, 2.24) is 24.6 Å². The molecule has 1 aromatic carbocycles. The molecule has 4 N–H and O–H groups in total. The fraction of sp³-hybridized carbons (Fsp3) is 0.478. The highest BCUT2D eigenvalue weighted by atomic mass is 31.2. The van der Waals surface area contributed by atoms with Crippen LogP contribution in [-0.4, -0.2) is 67.9 Å². The minimum Gasteiger partial charge on any atom is -0.462 e. The molecule has 0 bridgehead atoms. The molecule has 1 saturated heterocycles. The zero-order valence-corrected chi connectivity index (χ0v) is 21.7. The summed E-state index contributed by atoms with van der Waals surface area (Å²) in [6, 6.07) is 7.68. The molecule has 1 aliphatic rings. The Morgan fingerprint density at radius 1 is 1.27 bits per heavy atom. The van der Waals surface area contributed by atoms with E-state index in [1.54, 1.807) is 55.7 Å². The van der Waals surface area contributed by atoms with Gasteiger partial charge in [-0.2, -0.15) is 0 Å². The molecule has 1 aliphatic heterocycles. The molecular weight excluding hydrogens is 503 g/mol. The minimum atomic E-state index is -3.71. The lowest BCUT2D eigenvalue weighted by molar-refractivity contribution is -0.149. The van der Waals surface area contributed by atoms with E-state index in [1.807, 2.05) is 0 Å². The van der Waals surface area contributed by atoms with E-state index in [4.69, 9.17) is 24.5 Å². The molecule has 3 aromatic rings. The number of esters is 1. The van der Waals surface area contributed by atoms with Crippen LogP contribution in [0.2, 0.25) is 0 Å². The fourth-order valence-corrected chi connectivity index (χ4v) is 5.56. The van der Waals surface area contributed by atoms with Gasteiger partial charge in [0.25, 0.3) is 0 Å². The summed E-state index contributed by atoms with van der Waals surface area (Å²) in [5.74, 6) is 0.0190. The Hall–Kier alpha value is -3.09. The van der Waals surface area contributed by atoms with Crippen LogP contribution >= 0.6 is 7.52 Å². The number of hydrogen-bond donors (Lipinski definition) is 3. The Labute approximate surface area is 213 Å². The highest BCUT2D eigenvalue weighted by molar-refractivity contribution is 7.57. The molecule has 37 heavy (non-hydrogen) atoms. The zero-order chi connectivity index (χ0) is 26.6. The summed E-state index contributed by atoms with van der Waals surface area (Å²) in [6.45, 7) is 5.02. The van der Waals surface area contributed by atoms with Gasteiger partial charge in [-0.25, -0.2) is 20.0 Å². The first-order valence-corrected chi connectivity index (χ1v) is 13.6. The lowest BCUT2D eigenvalue weighted by Gasteiger charge is -2.24. The molecule has 0 aliphatic carbocycles. The van der Waals surface area contributed by atoms with E-state index in [0.717, 1.165) is 0 Å². The number of aromatic nitrogens is 4. The van der Waals surface area contributed by atoms with Gasteiger partial charge in [0.2, 0.25) is 0 Å². The number of hydrogen-bond acceptors (Lipinski definition) is 11. The van der Waals surface area contributed by atoms with Gasteiger partial charge in [-0.3, -0.25) is 13.9 Å². The van der Waals surface area contributed by atoms with Crippen LogP contribution in [0.25, 0.3) is 11.2 Å². The molecule has 5 atom stereocenters. The van der Waals surface area contributed by atoms with Crippen molar-refractivity contribution in [3.05, 3.63) is 43.0 Å². The second-order valence-electron chi connectivity index (χ2n) is 8.95. The van der Waals surface area contributed by atoms with Gasteiger partial charge >= 0.3 is 13.5 Å². The van der Waals surface area contributed by atoms with Gasteiger partial charge in [-0.15, -0.1) is 0 Å². The van der Waals surface area contributed by atoms with E-state index in [0.29, 0.717) is 16.9 Å². The number of ether oxygens (including phenoxy) is 3. The molecule has 3 unspecified atom stereocenters. The number of nitrogens with zero attached hydrogens (tertiary/aromatic N) is 4. The zero-order valence-electron chi connectivity index (χ0n) is 20.8. The number of para-hydroxylation sites is 1. The first kappa shape index (κ1) is 27.0. The normalized spacial score (nSPS) is 22.1. The molecule has 2 aromatic heterocycles. The number of fused-ring (bicyclic) bond motifs is 1. The number of nitrogens with one attached hydrogen (secondary N) is 1. The number of nitrogen functional groups attached to an aromatic ring is 1. The first-order valence-electron chi connectivity index (χ1n) is 11.8. The quantitative estimate of drug-likeness (QED) is 0.242. The predicted molar refractivity (Wildman–Crippen MR) is 134 cm³/mol. The number of aliphatic hydroxyl groups is 1. The van der Waals surface area contributed by atoms with Gasteiger partial charge in [-0.1, -0.05) is 18.2 Å². The monoisotopic (exact) mass is 534 g/mol. The predicted octanol–water partition coefficient (Wildman–Crippen LogP) is 2.23. The third kappa shape index (κ3) is 6.62. The van der Waals surface area contributed by atoms with Crippen molar-refractivity contribution in [1.29, 1.82) is 0 Å². The van der Waals surface area contributed by atoms with Crippen molar-refractivity contribution < 1.29 is 33.2 Å². The van der Waals surface area contributed by atoms with Gasteiger partial charge in [0.1, 0.15) is 36.1 Å². The van der Waals surface area contributed by atoms with Crippen LogP contribution in [0.4, 0.5) is 5.82 Å². The van der Waals surface area contributed by atoms with Crippen molar-refractivity contribution in [3.8, 4) is 5.75 Å².